The van der Waals surface area contributed by atoms with Crippen LogP contribution in [-0.2, 0) is 0 Å². The quantitative estimate of drug-likeness (QED) is 0.571. The minimum atomic E-state index is -0.451. The molecule has 0 aromatic carbocycles. The van der Waals surface area contributed by atoms with Crippen LogP contribution in [0.1, 0.15) is 33.1 Å². The van der Waals surface area contributed by atoms with Crippen molar-refractivity contribution in [1.29, 1.82) is 0 Å². The molecule has 0 saturated heterocycles. The van der Waals surface area contributed by atoms with E-state index in [4.69, 9.17) is 5.73 Å². The Balaban J connectivity index is 2.07. The molecule has 3 N–H and O–H groups in total. The Bertz CT molecular complexity index is 190. The van der Waals surface area contributed by atoms with Crippen molar-refractivity contribution >= 4 is 0 Å². The van der Waals surface area contributed by atoms with Gasteiger partial charge in [-0.15, -0.1) is 0 Å². The zero-order valence-electron chi connectivity index (χ0n) is 7.96. The normalized spacial score (nSPS) is 59.0. The van der Waals surface area contributed by atoms with E-state index >= 15 is 0 Å². The summed E-state index contributed by atoms with van der Waals surface area (Å²) < 4.78 is 0. The average Bonchev–Trinajstić information content (AvgIpc) is 2.46. The summed E-state index contributed by atoms with van der Waals surface area (Å²) in [4.78, 5) is 0. The van der Waals surface area contributed by atoms with E-state index in [1.807, 2.05) is 6.92 Å². The third kappa shape index (κ3) is 1.38. The predicted octanol–water partition coefficient (Wildman–Crippen LogP) is 1.13. The standard InChI is InChI=1S/C10H19NO/c1-6-3-7-8(9(7)11)5-10(2,12)4-6/h6-9,12H,3-5,11H2,1-2H3. The highest BCUT2D eigenvalue weighted by Gasteiger charge is 2.52. The summed E-state index contributed by atoms with van der Waals surface area (Å²) >= 11 is 0. The Hall–Kier alpha value is -0.0800. The van der Waals surface area contributed by atoms with E-state index in [2.05, 4.69) is 6.92 Å². The molecule has 2 aliphatic carbocycles. The van der Waals surface area contributed by atoms with Gasteiger partial charge in [-0.3, -0.25) is 0 Å². The Morgan fingerprint density at radius 2 is 2.00 bits per heavy atom. The van der Waals surface area contributed by atoms with Crippen LogP contribution in [0.25, 0.3) is 0 Å². The van der Waals surface area contributed by atoms with Gasteiger partial charge < -0.3 is 10.8 Å². The van der Waals surface area contributed by atoms with E-state index < -0.39 is 5.60 Å². The molecule has 0 radical (unpaired) electrons. The van der Waals surface area contributed by atoms with Crippen molar-refractivity contribution in [3.63, 3.8) is 0 Å². The zero-order chi connectivity index (χ0) is 8.93. The highest BCUT2D eigenvalue weighted by molar-refractivity contribution is 5.06. The van der Waals surface area contributed by atoms with Crippen molar-refractivity contribution in [3.8, 4) is 0 Å². The van der Waals surface area contributed by atoms with Crippen LogP contribution in [0.3, 0.4) is 0 Å². The summed E-state index contributed by atoms with van der Waals surface area (Å²) in [7, 11) is 0. The number of hydrogen-bond acceptors (Lipinski definition) is 2. The zero-order valence-corrected chi connectivity index (χ0v) is 7.96. The molecule has 2 nitrogen and oxygen atoms in total. The molecule has 5 unspecified atom stereocenters. The molecule has 0 spiro atoms. The molecule has 0 heterocycles. The van der Waals surface area contributed by atoms with E-state index in [0.29, 0.717) is 23.8 Å². The fourth-order valence-electron chi connectivity index (χ4n) is 2.98. The minimum absolute atomic E-state index is 0.388. The van der Waals surface area contributed by atoms with Gasteiger partial charge in [-0.2, -0.15) is 0 Å². The lowest BCUT2D eigenvalue weighted by Crippen LogP contribution is -2.28. The van der Waals surface area contributed by atoms with Crippen LogP contribution in [0.15, 0.2) is 0 Å². The molecule has 70 valence electrons. The van der Waals surface area contributed by atoms with Gasteiger partial charge in [0.05, 0.1) is 5.60 Å². The molecule has 2 rings (SSSR count). The lowest BCUT2D eigenvalue weighted by molar-refractivity contribution is 0.0273. The van der Waals surface area contributed by atoms with Crippen molar-refractivity contribution < 1.29 is 5.11 Å². The second-order valence-corrected chi connectivity index (χ2v) is 5.15. The number of hydrogen-bond donors (Lipinski definition) is 2. The van der Waals surface area contributed by atoms with Crippen LogP contribution in [0.4, 0.5) is 0 Å². The van der Waals surface area contributed by atoms with E-state index in [0.717, 1.165) is 12.8 Å². The van der Waals surface area contributed by atoms with E-state index in [-0.39, 0.29) is 0 Å². The molecule has 0 aromatic heterocycles. The van der Waals surface area contributed by atoms with Gasteiger partial charge >= 0.3 is 0 Å². The second-order valence-electron chi connectivity index (χ2n) is 5.15. The summed E-state index contributed by atoms with van der Waals surface area (Å²) in [5, 5.41) is 9.98. The first-order valence-corrected chi connectivity index (χ1v) is 4.97. The van der Waals surface area contributed by atoms with Crippen LogP contribution in [0.5, 0.6) is 0 Å². The number of fused-ring (bicyclic) bond motifs is 1. The fraction of sp³-hybridized carbons (Fsp3) is 1.00. The Kier molecular flexibility index (Phi) is 1.74. The van der Waals surface area contributed by atoms with E-state index in [1.54, 1.807) is 0 Å². The molecule has 0 aromatic rings. The Morgan fingerprint density at radius 3 is 2.67 bits per heavy atom. The number of aliphatic hydroxyl groups is 1. The molecule has 0 amide bonds. The van der Waals surface area contributed by atoms with Gasteiger partial charge in [-0.1, -0.05) is 6.92 Å². The summed E-state index contributed by atoms with van der Waals surface area (Å²) in [6, 6.07) is 0.388. The first kappa shape index (κ1) is 8.52. The molecular formula is C10H19NO. The van der Waals surface area contributed by atoms with Crippen molar-refractivity contribution in [2.45, 2.75) is 44.8 Å². The highest BCUT2D eigenvalue weighted by Crippen LogP contribution is 2.51. The smallest absolute Gasteiger partial charge is 0.0625 e. The SMILES string of the molecule is CC1CC2C(N)C2CC(C)(O)C1. The van der Waals surface area contributed by atoms with Gasteiger partial charge in [-0.05, 0) is 43.9 Å². The predicted molar refractivity (Wildman–Crippen MR) is 48.6 cm³/mol. The first-order chi connectivity index (χ1) is 5.49. The summed E-state index contributed by atoms with van der Waals surface area (Å²) in [6.45, 7) is 4.18. The van der Waals surface area contributed by atoms with Gasteiger partial charge in [0.2, 0.25) is 0 Å². The third-order valence-corrected chi connectivity index (χ3v) is 3.54. The number of nitrogens with two attached hydrogens (primary N) is 1. The molecule has 12 heavy (non-hydrogen) atoms. The van der Waals surface area contributed by atoms with Gasteiger partial charge in [-0.25, -0.2) is 0 Å². The molecule has 2 saturated carbocycles. The lowest BCUT2D eigenvalue weighted by Gasteiger charge is -2.24. The van der Waals surface area contributed by atoms with Crippen LogP contribution >= 0.6 is 0 Å². The average molecular weight is 169 g/mol. The topological polar surface area (TPSA) is 46.2 Å². The van der Waals surface area contributed by atoms with Gasteiger partial charge in [0.15, 0.2) is 0 Å². The van der Waals surface area contributed by atoms with Crippen molar-refractivity contribution in [1.82, 2.24) is 0 Å². The van der Waals surface area contributed by atoms with Crippen LogP contribution in [0, 0.1) is 17.8 Å². The van der Waals surface area contributed by atoms with Gasteiger partial charge in [0, 0.05) is 6.04 Å². The molecule has 5 atom stereocenters. The number of rotatable bonds is 0. The Labute approximate surface area is 74.1 Å². The Morgan fingerprint density at radius 1 is 1.33 bits per heavy atom. The van der Waals surface area contributed by atoms with Crippen molar-refractivity contribution in [2.75, 3.05) is 0 Å². The first-order valence-electron chi connectivity index (χ1n) is 4.97. The van der Waals surface area contributed by atoms with E-state index in [1.165, 1.54) is 6.42 Å². The molecule has 0 aliphatic heterocycles. The molecular weight excluding hydrogens is 150 g/mol. The summed E-state index contributed by atoms with van der Waals surface area (Å²) in [5.74, 6) is 1.97. The highest BCUT2D eigenvalue weighted by atomic mass is 16.3. The maximum absolute atomic E-state index is 9.98. The van der Waals surface area contributed by atoms with Gasteiger partial charge in [0.25, 0.3) is 0 Å². The molecule has 2 fully saturated rings. The van der Waals surface area contributed by atoms with Crippen LogP contribution in [-0.4, -0.2) is 16.7 Å². The lowest BCUT2D eigenvalue weighted by atomic mass is 9.89. The third-order valence-electron chi connectivity index (χ3n) is 3.54. The maximum atomic E-state index is 9.98. The van der Waals surface area contributed by atoms with Crippen LogP contribution < -0.4 is 5.73 Å². The molecule has 0 bridgehead atoms. The van der Waals surface area contributed by atoms with Crippen molar-refractivity contribution in [3.05, 3.63) is 0 Å². The summed E-state index contributed by atoms with van der Waals surface area (Å²) in [6.07, 6.45) is 3.10. The largest absolute Gasteiger partial charge is 0.390 e. The second kappa shape index (κ2) is 2.46. The molecule has 2 aliphatic rings. The summed E-state index contributed by atoms with van der Waals surface area (Å²) in [5.41, 5.74) is 5.46. The van der Waals surface area contributed by atoms with Crippen molar-refractivity contribution in [2.24, 2.45) is 23.5 Å². The van der Waals surface area contributed by atoms with E-state index in [9.17, 15) is 5.11 Å². The fourth-order valence-corrected chi connectivity index (χ4v) is 2.98. The minimum Gasteiger partial charge on any atom is -0.390 e. The van der Waals surface area contributed by atoms with Crippen LogP contribution in [0.2, 0.25) is 0 Å². The molecule has 2 heteroatoms. The monoisotopic (exact) mass is 169 g/mol. The van der Waals surface area contributed by atoms with Gasteiger partial charge in [0.1, 0.15) is 0 Å². The maximum Gasteiger partial charge on any atom is 0.0625 e.